The maximum Gasteiger partial charge on any atom is 0.247 e. The molecule has 21 heavy (non-hydrogen) atoms. The number of hydrogen-bond donors (Lipinski definition) is 2. The van der Waals surface area contributed by atoms with Crippen molar-refractivity contribution in [2.75, 3.05) is 5.75 Å². The first kappa shape index (κ1) is 16.0. The van der Waals surface area contributed by atoms with Crippen LogP contribution in [0.25, 0.3) is 0 Å². The lowest BCUT2D eigenvalue weighted by Crippen LogP contribution is -2.43. The Kier molecular flexibility index (Phi) is 5.36. The topological polar surface area (TPSA) is 83.5 Å². The highest BCUT2D eigenvalue weighted by Gasteiger charge is 2.39. The van der Waals surface area contributed by atoms with E-state index in [9.17, 15) is 13.2 Å². The van der Waals surface area contributed by atoms with Gasteiger partial charge in [0.1, 0.15) is 0 Å². The molecule has 116 valence electrons. The van der Waals surface area contributed by atoms with Crippen molar-refractivity contribution in [1.82, 2.24) is 5.48 Å². The Hall–Kier alpha value is -1.40. The van der Waals surface area contributed by atoms with Crippen LogP contribution in [0.15, 0.2) is 30.3 Å². The maximum atomic E-state index is 12.5. The minimum atomic E-state index is -3.36. The molecular weight excluding hydrogens is 290 g/mol. The second kappa shape index (κ2) is 7.04. The van der Waals surface area contributed by atoms with Gasteiger partial charge in [0.15, 0.2) is 9.84 Å². The molecule has 0 heterocycles. The van der Waals surface area contributed by atoms with Crippen molar-refractivity contribution in [2.24, 2.45) is 5.92 Å². The molecule has 1 aromatic rings. The summed E-state index contributed by atoms with van der Waals surface area (Å²) >= 11 is 0. The number of aryl methyl sites for hydroxylation is 1. The molecule has 5 nitrogen and oxygen atoms in total. The van der Waals surface area contributed by atoms with E-state index in [2.05, 4.69) is 0 Å². The summed E-state index contributed by atoms with van der Waals surface area (Å²) in [6.07, 6.45) is 3.09. The van der Waals surface area contributed by atoms with E-state index in [0.717, 1.165) is 18.4 Å². The van der Waals surface area contributed by atoms with Gasteiger partial charge in [-0.2, -0.15) is 0 Å². The lowest BCUT2D eigenvalue weighted by Gasteiger charge is -2.29. The number of sulfone groups is 1. The molecule has 1 fully saturated rings. The van der Waals surface area contributed by atoms with Crippen molar-refractivity contribution in [2.45, 2.75) is 37.4 Å². The Morgan fingerprint density at radius 3 is 2.52 bits per heavy atom. The quantitative estimate of drug-likeness (QED) is 0.640. The molecule has 2 N–H and O–H groups in total. The first-order valence-electron chi connectivity index (χ1n) is 7.24. The van der Waals surface area contributed by atoms with Crippen molar-refractivity contribution in [3.63, 3.8) is 0 Å². The van der Waals surface area contributed by atoms with Crippen molar-refractivity contribution in [3.8, 4) is 0 Å². The van der Waals surface area contributed by atoms with Gasteiger partial charge in [-0.05, 0) is 24.8 Å². The third-order valence-electron chi connectivity index (χ3n) is 4.13. The normalized spacial score (nSPS) is 22.7. The van der Waals surface area contributed by atoms with Gasteiger partial charge in [-0.3, -0.25) is 10.0 Å². The van der Waals surface area contributed by atoms with E-state index < -0.39 is 26.9 Å². The van der Waals surface area contributed by atoms with Gasteiger partial charge in [0.05, 0.1) is 16.9 Å². The van der Waals surface area contributed by atoms with E-state index >= 15 is 0 Å². The summed E-state index contributed by atoms with van der Waals surface area (Å²) in [7, 11) is -3.36. The molecule has 2 rings (SSSR count). The lowest BCUT2D eigenvalue weighted by molar-refractivity contribution is -0.134. The minimum Gasteiger partial charge on any atom is -0.289 e. The zero-order valence-electron chi connectivity index (χ0n) is 11.9. The summed E-state index contributed by atoms with van der Waals surface area (Å²) in [6.45, 7) is 0. The first-order valence-corrected chi connectivity index (χ1v) is 8.95. The fourth-order valence-corrected chi connectivity index (χ4v) is 5.07. The third kappa shape index (κ3) is 4.04. The number of amides is 1. The molecule has 0 bridgehead atoms. The second-order valence-corrected chi connectivity index (χ2v) is 7.85. The molecule has 0 unspecified atom stereocenters. The van der Waals surface area contributed by atoms with E-state index in [1.807, 2.05) is 30.3 Å². The number of hydrogen-bond acceptors (Lipinski definition) is 4. The van der Waals surface area contributed by atoms with Gasteiger partial charge in [-0.1, -0.05) is 43.2 Å². The highest BCUT2D eigenvalue weighted by atomic mass is 32.2. The molecule has 0 aromatic heterocycles. The van der Waals surface area contributed by atoms with Crippen molar-refractivity contribution in [3.05, 3.63) is 35.9 Å². The van der Waals surface area contributed by atoms with Crippen LogP contribution in [0.4, 0.5) is 0 Å². The average molecular weight is 311 g/mol. The first-order chi connectivity index (χ1) is 10.0. The molecule has 2 atom stereocenters. The van der Waals surface area contributed by atoms with Crippen LogP contribution in [0, 0.1) is 5.92 Å². The maximum absolute atomic E-state index is 12.5. The average Bonchev–Trinajstić information content (AvgIpc) is 2.53. The fraction of sp³-hybridized carbons (Fsp3) is 0.533. The predicted octanol–water partition coefficient (Wildman–Crippen LogP) is 1.71. The van der Waals surface area contributed by atoms with Crippen LogP contribution < -0.4 is 5.48 Å². The number of carbonyl (C=O) groups is 1. The van der Waals surface area contributed by atoms with Gasteiger partial charge in [-0.15, -0.1) is 0 Å². The van der Waals surface area contributed by atoms with Crippen LogP contribution in [0.2, 0.25) is 0 Å². The molecule has 1 amide bonds. The Labute approximate surface area is 125 Å². The second-order valence-electron chi connectivity index (χ2n) is 5.51. The molecule has 6 heteroatoms. The monoisotopic (exact) mass is 311 g/mol. The Balaban J connectivity index is 2.07. The predicted molar refractivity (Wildman–Crippen MR) is 79.6 cm³/mol. The van der Waals surface area contributed by atoms with E-state index in [-0.39, 0.29) is 5.75 Å². The Morgan fingerprint density at radius 2 is 1.86 bits per heavy atom. The zero-order valence-corrected chi connectivity index (χ0v) is 12.7. The van der Waals surface area contributed by atoms with Gasteiger partial charge < -0.3 is 0 Å². The molecule has 0 spiro atoms. The van der Waals surface area contributed by atoms with E-state index in [0.29, 0.717) is 19.3 Å². The minimum absolute atomic E-state index is 0.0386. The SMILES string of the molecule is O=C(NO)[C@H]1CCCC[C@H]1S(=O)(=O)CCc1ccccc1. The van der Waals surface area contributed by atoms with Gasteiger partial charge in [0.2, 0.25) is 5.91 Å². The third-order valence-corrected chi connectivity index (χ3v) is 6.39. The smallest absolute Gasteiger partial charge is 0.247 e. The summed E-state index contributed by atoms with van der Waals surface area (Å²) < 4.78 is 25.1. The standard InChI is InChI=1S/C15H21NO4S/c17-15(16-18)13-8-4-5-9-14(13)21(19,20)11-10-12-6-2-1-3-7-12/h1-3,6-7,13-14,18H,4-5,8-11H2,(H,16,17)/t13-,14+/m0/s1. The zero-order chi connectivity index (χ0) is 15.3. The summed E-state index contributed by atoms with van der Waals surface area (Å²) in [6, 6.07) is 9.44. The van der Waals surface area contributed by atoms with Crippen LogP contribution >= 0.6 is 0 Å². The van der Waals surface area contributed by atoms with E-state index in [1.54, 1.807) is 5.48 Å². The number of hydroxylamine groups is 1. The molecule has 1 aliphatic carbocycles. The molecule has 0 aliphatic heterocycles. The van der Waals surface area contributed by atoms with Crippen LogP contribution in [0.5, 0.6) is 0 Å². The summed E-state index contributed by atoms with van der Waals surface area (Å²) in [5.74, 6) is -1.18. The van der Waals surface area contributed by atoms with Gasteiger partial charge in [0.25, 0.3) is 0 Å². The highest BCUT2D eigenvalue weighted by Crippen LogP contribution is 2.30. The lowest BCUT2D eigenvalue weighted by atomic mass is 9.88. The van der Waals surface area contributed by atoms with Crippen LogP contribution in [-0.4, -0.2) is 30.5 Å². The van der Waals surface area contributed by atoms with Gasteiger partial charge >= 0.3 is 0 Å². The van der Waals surface area contributed by atoms with E-state index in [1.165, 1.54) is 0 Å². The van der Waals surface area contributed by atoms with E-state index in [4.69, 9.17) is 5.21 Å². The number of carbonyl (C=O) groups excluding carboxylic acids is 1. The van der Waals surface area contributed by atoms with Gasteiger partial charge in [0, 0.05) is 0 Å². The Morgan fingerprint density at radius 1 is 1.19 bits per heavy atom. The summed E-state index contributed by atoms with van der Waals surface area (Å²) in [5, 5.41) is 8.11. The number of benzene rings is 1. The molecule has 1 saturated carbocycles. The van der Waals surface area contributed by atoms with Gasteiger partial charge in [-0.25, -0.2) is 13.9 Å². The van der Waals surface area contributed by atoms with Crippen LogP contribution in [0.3, 0.4) is 0 Å². The number of nitrogens with one attached hydrogen (secondary N) is 1. The summed E-state index contributed by atoms with van der Waals surface area (Å²) in [4.78, 5) is 11.7. The molecule has 1 aromatic carbocycles. The number of rotatable bonds is 5. The van der Waals surface area contributed by atoms with Crippen LogP contribution in [-0.2, 0) is 21.1 Å². The van der Waals surface area contributed by atoms with Crippen molar-refractivity contribution < 1.29 is 18.4 Å². The van der Waals surface area contributed by atoms with Crippen molar-refractivity contribution >= 4 is 15.7 Å². The Bertz CT molecular complexity index is 571. The molecule has 0 radical (unpaired) electrons. The molecule has 0 saturated heterocycles. The largest absolute Gasteiger partial charge is 0.289 e. The highest BCUT2D eigenvalue weighted by molar-refractivity contribution is 7.92. The fourth-order valence-electron chi connectivity index (χ4n) is 2.97. The summed E-state index contributed by atoms with van der Waals surface area (Å²) in [5.41, 5.74) is 2.58. The van der Waals surface area contributed by atoms with Crippen molar-refractivity contribution in [1.29, 1.82) is 0 Å². The molecular formula is C15H21NO4S. The van der Waals surface area contributed by atoms with Crippen LogP contribution in [0.1, 0.15) is 31.2 Å². The molecule has 1 aliphatic rings.